The molecule has 21 heavy (non-hydrogen) atoms. The van der Waals surface area contributed by atoms with Gasteiger partial charge in [0.1, 0.15) is 5.75 Å². The lowest BCUT2D eigenvalue weighted by atomic mass is 10.2. The first-order chi connectivity index (χ1) is 9.95. The van der Waals surface area contributed by atoms with E-state index in [4.69, 9.17) is 5.73 Å². The van der Waals surface area contributed by atoms with Gasteiger partial charge in [-0.2, -0.15) is 0 Å². The molecule has 3 N–H and O–H groups in total. The number of amides is 1. The zero-order valence-corrected chi connectivity index (χ0v) is 13.8. The van der Waals surface area contributed by atoms with Gasteiger partial charge < -0.3 is 11.1 Å². The van der Waals surface area contributed by atoms with E-state index < -0.39 is 10.8 Å². The van der Waals surface area contributed by atoms with Crippen molar-refractivity contribution in [1.82, 2.24) is 0 Å². The molecule has 0 fully saturated rings. The Balaban J connectivity index is 2.03. The highest BCUT2D eigenvalue weighted by atomic mass is 79.9. The van der Waals surface area contributed by atoms with E-state index in [0.717, 1.165) is 10.0 Å². The van der Waals surface area contributed by atoms with Crippen molar-refractivity contribution in [1.29, 1.82) is 0 Å². The van der Waals surface area contributed by atoms with Crippen LogP contribution in [0.3, 0.4) is 0 Å². The summed E-state index contributed by atoms with van der Waals surface area (Å²) in [5, 5.41) is 2.71. The summed E-state index contributed by atoms with van der Waals surface area (Å²) in [4.78, 5) is 12.4. The second-order valence-electron chi connectivity index (χ2n) is 4.59. The maximum atomic E-state index is 12.2. The van der Waals surface area contributed by atoms with Crippen LogP contribution >= 0.6 is 15.9 Å². The molecule has 0 saturated heterocycles. The number of rotatable bonds is 4. The fourth-order valence-corrected chi connectivity index (χ4v) is 3.14. The predicted octanol–water partition coefficient (Wildman–Crippen LogP) is 3.09. The van der Waals surface area contributed by atoms with Crippen LogP contribution in [-0.4, -0.2) is 15.9 Å². The molecule has 6 heteroatoms. The zero-order chi connectivity index (χ0) is 15.4. The van der Waals surface area contributed by atoms with Gasteiger partial charge in [0, 0.05) is 15.8 Å². The number of benzene rings is 2. The number of carbonyl (C=O) groups is 1. The highest BCUT2D eigenvalue weighted by Gasteiger charge is 2.13. The number of aryl methyl sites for hydroxylation is 1. The Hall–Kier alpha value is -1.66. The van der Waals surface area contributed by atoms with E-state index in [9.17, 15) is 9.00 Å². The number of anilines is 2. The summed E-state index contributed by atoms with van der Waals surface area (Å²) in [5.74, 6) is -0.430. The molecule has 0 saturated carbocycles. The van der Waals surface area contributed by atoms with Crippen LogP contribution < -0.4 is 11.1 Å². The minimum atomic E-state index is -1.46. The van der Waals surface area contributed by atoms with Crippen LogP contribution in [0.1, 0.15) is 5.56 Å². The molecule has 0 spiro atoms. The molecule has 1 amide bonds. The number of carbonyl (C=O) groups excluding carboxylic acids is 1. The number of hydrogen-bond donors (Lipinski definition) is 2. The van der Waals surface area contributed by atoms with Gasteiger partial charge in [-0.15, -0.1) is 0 Å². The third-order valence-corrected chi connectivity index (χ3v) is 4.70. The van der Waals surface area contributed by atoms with Crippen LogP contribution in [0.5, 0.6) is 0 Å². The molecule has 0 bridgehead atoms. The Labute approximate surface area is 134 Å². The molecule has 0 aliphatic heterocycles. The van der Waals surface area contributed by atoms with Gasteiger partial charge in [0.05, 0.1) is 15.7 Å². The molecular formula is C15H15BrN2O2S. The van der Waals surface area contributed by atoms with Crippen LogP contribution in [0.2, 0.25) is 0 Å². The fraction of sp³-hybridized carbons (Fsp3) is 0.133. The first kappa shape index (κ1) is 15.7. The lowest BCUT2D eigenvalue weighted by Crippen LogP contribution is -2.20. The van der Waals surface area contributed by atoms with Gasteiger partial charge in [0.15, 0.2) is 0 Å². The summed E-state index contributed by atoms with van der Waals surface area (Å²) in [5.41, 5.74) is 7.87. The molecule has 110 valence electrons. The quantitative estimate of drug-likeness (QED) is 0.816. The zero-order valence-electron chi connectivity index (χ0n) is 11.4. The van der Waals surface area contributed by atoms with Gasteiger partial charge in [-0.3, -0.25) is 9.00 Å². The minimum absolute atomic E-state index is 0.121. The van der Waals surface area contributed by atoms with Gasteiger partial charge in [0.25, 0.3) is 0 Å². The van der Waals surface area contributed by atoms with E-state index in [0.29, 0.717) is 16.3 Å². The third-order valence-electron chi connectivity index (χ3n) is 2.80. The lowest BCUT2D eigenvalue weighted by Gasteiger charge is -2.08. The molecule has 2 aromatic carbocycles. The Morgan fingerprint density at radius 1 is 1.24 bits per heavy atom. The second-order valence-corrected chi connectivity index (χ2v) is 6.92. The van der Waals surface area contributed by atoms with Gasteiger partial charge in [-0.25, -0.2) is 0 Å². The van der Waals surface area contributed by atoms with Crippen LogP contribution in [0.25, 0.3) is 0 Å². The largest absolute Gasteiger partial charge is 0.398 e. The molecule has 1 atom stereocenters. The first-order valence-electron chi connectivity index (χ1n) is 6.25. The summed E-state index contributed by atoms with van der Waals surface area (Å²) >= 11 is 3.32. The van der Waals surface area contributed by atoms with Crippen molar-refractivity contribution in [3.05, 3.63) is 52.5 Å². The Kier molecular flexibility index (Phi) is 5.14. The van der Waals surface area contributed by atoms with Crippen molar-refractivity contribution in [3.8, 4) is 0 Å². The number of nitrogens with two attached hydrogens (primary N) is 1. The number of hydrogen-bond acceptors (Lipinski definition) is 3. The van der Waals surface area contributed by atoms with Crippen LogP contribution in [0.4, 0.5) is 11.4 Å². The molecule has 0 aliphatic carbocycles. The summed E-state index contributed by atoms with van der Waals surface area (Å²) in [7, 11) is -1.46. The van der Waals surface area contributed by atoms with E-state index >= 15 is 0 Å². The monoisotopic (exact) mass is 366 g/mol. The third kappa shape index (κ3) is 4.41. The van der Waals surface area contributed by atoms with Gasteiger partial charge in [-0.1, -0.05) is 22.0 Å². The molecule has 1 unspecified atom stereocenters. The second kappa shape index (κ2) is 6.87. The van der Waals surface area contributed by atoms with Gasteiger partial charge in [-0.05, 0) is 48.9 Å². The molecule has 2 aromatic rings. The number of halogens is 1. The SMILES string of the molecule is Cc1ccc(N)c(S(=O)CC(=O)Nc2ccc(Br)cc2)c1. The van der Waals surface area contributed by atoms with Crippen LogP contribution in [0.15, 0.2) is 51.8 Å². The van der Waals surface area contributed by atoms with E-state index in [1.807, 2.05) is 25.1 Å². The predicted molar refractivity (Wildman–Crippen MR) is 89.6 cm³/mol. The summed E-state index contributed by atoms with van der Waals surface area (Å²) in [6, 6.07) is 12.5. The molecule has 4 nitrogen and oxygen atoms in total. The van der Waals surface area contributed by atoms with E-state index in [1.54, 1.807) is 24.3 Å². The minimum Gasteiger partial charge on any atom is -0.398 e. The molecule has 0 radical (unpaired) electrons. The van der Waals surface area contributed by atoms with Gasteiger partial charge in [0.2, 0.25) is 5.91 Å². The lowest BCUT2D eigenvalue weighted by molar-refractivity contribution is -0.113. The van der Waals surface area contributed by atoms with Crippen molar-refractivity contribution in [2.24, 2.45) is 0 Å². The maximum Gasteiger partial charge on any atom is 0.237 e. The Morgan fingerprint density at radius 2 is 1.90 bits per heavy atom. The highest BCUT2D eigenvalue weighted by Crippen LogP contribution is 2.19. The summed E-state index contributed by atoms with van der Waals surface area (Å²) in [6.45, 7) is 1.89. The molecule has 0 heterocycles. The van der Waals surface area contributed by atoms with Crippen molar-refractivity contribution in [3.63, 3.8) is 0 Å². The Bertz CT molecular complexity index is 687. The van der Waals surface area contributed by atoms with Gasteiger partial charge >= 0.3 is 0 Å². The van der Waals surface area contributed by atoms with Crippen LogP contribution in [-0.2, 0) is 15.6 Å². The summed E-state index contributed by atoms with van der Waals surface area (Å²) in [6.07, 6.45) is 0. The Morgan fingerprint density at radius 3 is 2.57 bits per heavy atom. The van der Waals surface area contributed by atoms with E-state index in [1.165, 1.54) is 0 Å². The van der Waals surface area contributed by atoms with Crippen molar-refractivity contribution in [2.45, 2.75) is 11.8 Å². The van der Waals surface area contributed by atoms with Crippen molar-refractivity contribution >= 4 is 44.0 Å². The van der Waals surface area contributed by atoms with Crippen molar-refractivity contribution < 1.29 is 9.00 Å². The first-order valence-corrected chi connectivity index (χ1v) is 8.37. The number of nitrogens with one attached hydrogen (secondary N) is 1. The van der Waals surface area contributed by atoms with E-state index in [2.05, 4.69) is 21.2 Å². The average Bonchev–Trinajstić information content (AvgIpc) is 2.44. The average molecular weight is 367 g/mol. The summed E-state index contributed by atoms with van der Waals surface area (Å²) < 4.78 is 13.2. The highest BCUT2D eigenvalue weighted by molar-refractivity contribution is 9.10. The smallest absolute Gasteiger partial charge is 0.237 e. The molecular weight excluding hydrogens is 352 g/mol. The maximum absolute atomic E-state index is 12.2. The molecule has 0 aliphatic rings. The topological polar surface area (TPSA) is 72.2 Å². The number of nitrogen functional groups attached to an aromatic ring is 1. The molecule has 0 aromatic heterocycles. The normalized spacial score (nSPS) is 11.9. The van der Waals surface area contributed by atoms with Crippen LogP contribution in [0, 0.1) is 6.92 Å². The fourth-order valence-electron chi connectivity index (χ4n) is 1.77. The molecule has 2 rings (SSSR count). The van der Waals surface area contributed by atoms with E-state index in [-0.39, 0.29) is 11.7 Å². The van der Waals surface area contributed by atoms with Crippen molar-refractivity contribution in [2.75, 3.05) is 16.8 Å². The standard InChI is InChI=1S/C15H15BrN2O2S/c1-10-2-7-13(17)14(8-10)21(20)9-15(19)18-12-5-3-11(16)4-6-12/h2-8H,9,17H2,1H3,(H,18,19).